The predicted octanol–water partition coefficient (Wildman–Crippen LogP) is 2.29. The van der Waals surface area contributed by atoms with Gasteiger partial charge in [0.15, 0.2) is 0 Å². The van der Waals surface area contributed by atoms with E-state index in [9.17, 15) is 9.59 Å². The first-order valence-corrected chi connectivity index (χ1v) is 7.27. The lowest BCUT2D eigenvalue weighted by Crippen LogP contribution is -2.36. The van der Waals surface area contributed by atoms with Gasteiger partial charge in [0.2, 0.25) is 0 Å². The lowest BCUT2D eigenvalue weighted by molar-refractivity contribution is -0.136. The molecule has 0 radical (unpaired) electrons. The summed E-state index contributed by atoms with van der Waals surface area (Å²) in [5, 5.41) is 5.25. The van der Waals surface area contributed by atoms with E-state index in [-0.39, 0.29) is 0 Å². The highest BCUT2D eigenvalue weighted by atomic mass is 16.5. The van der Waals surface area contributed by atoms with Crippen molar-refractivity contribution in [2.24, 2.45) is 0 Å². The standard InChI is InChI=1S/C16H24N2O3/c1-4-12(2)13-8-5-6-9-14(13)18-16(20)15(19)17-10-7-11-21-3/h5-6,8-9,12H,4,7,10-11H2,1-3H3,(H,17,19)(H,18,20). The summed E-state index contributed by atoms with van der Waals surface area (Å²) in [5.74, 6) is -0.931. The van der Waals surface area contributed by atoms with Crippen LogP contribution in [0.4, 0.5) is 5.69 Å². The van der Waals surface area contributed by atoms with Gasteiger partial charge in [-0.2, -0.15) is 0 Å². The molecule has 1 aromatic carbocycles. The topological polar surface area (TPSA) is 67.4 Å². The van der Waals surface area contributed by atoms with Crippen molar-refractivity contribution in [1.82, 2.24) is 5.32 Å². The molecular formula is C16H24N2O3. The van der Waals surface area contributed by atoms with Crippen LogP contribution in [-0.4, -0.2) is 32.1 Å². The Balaban J connectivity index is 2.60. The van der Waals surface area contributed by atoms with E-state index in [1.807, 2.05) is 24.3 Å². The van der Waals surface area contributed by atoms with Crippen molar-refractivity contribution in [2.75, 3.05) is 25.6 Å². The molecule has 2 N–H and O–H groups in total. The molecule has 21 heavy (non-hydrogen) atoms. The van der Waals surface area contributed by atoms with Crippen molar-refractivity contribution in [1.29, 1.82) is 0 Å². The number of benzene rings is 1. The molecule has 116 valence electrons. The summed E-state index contributed by atoms with van der Waals surface area (Å²) in [6.45, 7) is 5.16. The van der Waals surface area contributed by atoms with Gasteiger partial charge >= 0.3 is 11.8 Å². The maximum Gasteiger partial charge on any atom is 0.313 e. The number of carbonyl (C=O) groups excluding carboxylic acids is 2. The predicted molar refractivity (Wildman–Crippen MR) is 83.3 cm³/mol. The van der Waals surface area contributed by atoms with Crippen molar-refractivity contribution >= 4 is 17.5 Å². The van der Waals surface area contributed by atoms with Crippen LogP contribution >= 0.6 is 0 Å². The normalized spacial score (nSPS) is 11.8. The molecule has 0 saturated carbocycles. The van der Waals surface area contributed by atoms with Crippen molar-refractivity contribution in [3.8, 4) is 0 Å². The molecule has 0 heterocycles. The molecule has 0 aliphatic carbocycles. The number of amides is 2. The van der Waals surface area contributed by atoms with Crippen LogP contribution in [0, 0.1) is 0 Å². The number of carbonyl (C=O) groups is 2. The van der Waals surface area contributed by atoms with Crippen LogP contribution < -0.4 is 10.6 Å². The molecule has 0 spiro atoms. The number of para-hydroxylation sites is 1. The Morgan fingerprint density at radius 1 is 1.24 bits per heavy atom. The third kappa shape index (κ3) is 5.55. The van der Waals surface area contributed by atoms with E-state index >= 15 is 0 Å². The zero-order valence-electron chi connectivity index (χ0n) is 12.9. The monoisotopic (exact) mass is 292 g/mol. The average molecular weight is 292 g/mol. The highest BCUT2D eigenvalue weighted by molar-refractivity contribution is 6.39. The molecule has 0 aromatic heterocycles. The Bertz CT molecular complexity index is 474. The second-order valence-corrected chi connectivity index (χ2v) is 4.95. The van der Waals surface area contributed by atoms with Gasteiger partial charge in [0.05, 0.1) is 0 Å². The highest BCUT2D eigenvalue weighted by Gasteiger charge is 2.16. The first kappa shape index (κ1) is 17.2. The number of ether oxygens (including phenoxy) is 1. The highest BCUT2D eigenvalue weighted by Crippen LogP contribution is 2.26. The molecule has 0 fully saturated rings. The van der Waals surface area contributed by atoms with E-state index in [4.69, 9.17) is 4.74 Å². The van der Waals surface area contributed by atoms with Crippen molar-refractivity contribution in [2.45, 2.75) is 32.6 Å². The minimum Gasteiger partial charge on any atom is -0.385 e. The molecule has 0 bridgehead atoms. The Hall–Kier alpha value is -1.88. The largest absolute Gasteiger partial charge is 0.385 e. The first-order chi connectivity index (χ1) is 10.1. The summed E-state index contributed by atoms with van der Waals surface area (Å²) in [6.07, 6.45) is 1.65. The number of rotatable bonds is 7. The summed E-state index contributed by atoms with van der Waals surface area (Å²) in [4.78, 5) is 23.6. The molecule has 1 atom stereocenters. The molecule has 1 aromatic rings. The van der Waals surface area contributed by atoms with Crippen molar-refractivity contribution in [3.05, 3.63) is 29.8 Å². The van der Waals surface area contributed by atoms with Gasteiger partial charge in [-0.15, -0.1) is 0 Å². The van der Waals surface area contributed by atoms with Gasteiger partial charge in [-0.3, -0.25) is 9.59 Å². The Morgan fingerprint density at radius 2 is 1.95 bits per heavy atom. The van der Waals surface area contributed by atoms with Crippen molar-refractivity contribution in [3.63, 3.8) is 0 Å². The van der Waals surface area contributed by atoms with Gasteiger partial charge in [-0.05, 0) is 30.4 Å². The fraction of sp³-hybridized carbons (Fsp3) is 0.500. The molecule has 1 unspecified atom stereocenters. The maximum atomic E-state index is 11.9. The molecular weight excluding hydrogens is 268 g/mol. The van der Waals surface area contributed by atoms with Gasteiger partial charge in [0.1, 0.15) is 0 Å². The van der Waals surface area contributed by atoms with Gasteiger partial charge in [0, 0.05) is 25.9 Å². The fourth-order valence-corrected chi connectivity index (χ4v) is 1.94. The average Bonchev–Trinajstić information content (AvgIpc) is 2.51. The smallest absolute Gasteiger partial charge is 0.313 e. The van der Waals surface area contributed by atoms with Crippen LogP contribution in [0.2, 0.25) is 0 Å². The van der Waals surface area contributed by atoms with E-state index in [0.717, 1.165) is 12.0 Å². The molecule has 1 rings (SSSR count). The van der Waals surface area contributed by atoms with Crippen molar-refractivity contribution < 1.29 is 14.3 Å². The Morgan fingerprint density at radius 3 is 2.62 bits per heavy atom. The number of nitrogens with one attached hydrogen (secondary N) is 2. The third-order valence-corrected chi connectivity index (χ3v) is 3.37. The van der Waals surface area contributed by atoms with Crippen LogP contribution in [0.5, 0.6) is 0 Å². The second-order valence-electron chi connectivity index (χ2n) is 4.95. The molecule has 0 saturated heterocycles. The van der Waals surface area contributed by atoms with Crippen LogP contribution in [-0.2, 0) is 14.3 Å². The Labute approximate surface area is 126 Å². The number of hydrogen-bond acceptors (Lipinski definition) is 3. The summed E-state index contributed by atoms with van der Waals surface area (Å²) in [7, 11) is 1.60. The van der Waals surface area contributed by atoms with Gasteiger partial charge in [0.25, 0.3) is 0 Å². The Kier molecular flexibility index (Phi) is 7.46. The van der Waals surface area contributed by atoms with E-state index in [2.05, 4.69) is 24.5 Å². The molecule has 0 aliphatic heterocycles. The van der Waals surface area contributed by atoms with Crippen LogP contribution in [0.25, 0.3) is 0 Å². The van der Waals surface area contributed by atoms with E-state index in [0.29, 0.717) is 31.2 Å². The van der Waals surface area contributed by atoms with Gasteiger partial charge < -0.3 is 15.4 Å². The molecule has 0 aliphatic rings. The number of hydrogen-bond donors (Lipinski definition) is 2. The van der Waals surface area contributed by atoms with Crippen LogP contribution in [0.1, 0.15) is 38.2 Å². The SMILES string of the molecule is CCC(C)c1ccccc1NC(=O)C(=O)NCCCOC. The van der Waals surface area contributed by atoms with Gasteiger partial charge in [-0.1, -0.05) is 32.0 Å². The van der Waals surface area contributed by atoms with E-state index in [1.165, 1.54) is 0 Å². The zero-order chi connectivity index (χ0) is 15.7. The number of methoxy groups -OCH3 is 1. The fourth-order valence-electron chi connectivity index (χ4n) is 1.94. The molecule has 2 amide bonds. The number of anilines is 1. The van der Waals surface area contributed by atoms with E-state index < -0.39 is 11.8 Å². The second kappa shape index (κ2) is 9.13. The summed E-state index contributed by atoms with van der Waals surface area (Å²) in [6, 6.07) is 7.57. The lowest BCUT2D eigenvalue weighted by atomic mass is 9.97. The third-order valence-electron chi connectivity index (χ3n) is 3.37. The first-order valence-electron chi connectivity index (χ1n) is 7.27. The summed E-state index contributed by atoms with van der Waals surface area (Å²) >= 11 is 0. The van der Waals surface area contributed by atoms with Gasteiger partial charge in [-0.25, -0.2) is 0 Å². The van der Waals surface area contributed by atoms with Crippen LogP contribution in [0.3, 0.4) is 0 Å². The molecule has 5 heteroatoms. The zero-order valence-corrected chi connectivity index (χ0v) is 12.9. The molecule has 5 nitrogen and oxygen atoms in total. The quantitative estimate of drug-likeness (QED) is 0.598. The van der Waals surface area contributed by atoms with E-state index in [1.54, 1.807) is 7.11 Å². The minimum atomic E-state index is -0.636. The minimum absolute atomic E-state index is 0.325. The van der Waals surface area contributed by atoms with Crippen LogP contribution in [0.15, 0.2) is 24.3 Å². The summed E-state index contributed by atoms with van der Waals surface area (Å²) in [5.41, 5.74) is 1.74. The maximum absolute atomic E-state index is 11.9. The lowest BCUT2D eigenvalue weighted by Gasteiger charge is -2.15. The summed E-state index contributed by atoms with van der Waals surface area (Å²) < 4.78 is 4.88.